The number of anilines is 2. The topological polar surface area (TPSA) is 64.9 Å². The number of thiol groups is 1. The van der Waals surface area contributed by atoms with E-state index in [2.05, 4.69) is 60.9 Å². The van der Waals surface area contributed by atoms with Gasteiger partial charge in [-0.05, 0) is 72.5 Å². The highest BCUT2D eigenvalue weighted by atomic mass is 32.1. The summed E-state index contributed by atoms with van der Waals surface area (Å²) in [6, 6.07) is 20.8. The predicted octanol–water partition coefficient (Wildman–Crippen LogP) is 7.98. The Balaban J connectivity index is 0.000000239. The molecule has 0 saturated heterocycles. The largest absolute Gasteiger partial charge is 0.396 e. The first-order valence-electron chi connectivity index (χ1n) is 11.2. The zero-order valence-corrected chi connectivity index (χ0v) is 21.3. The predicted molar refractivity (Wildman–Crippen MR) is 148 cm³/mol. The van der Waals surface area contributed by atoms with E-state index in [4.69, 9.17) is 11.5 Å². The highest BCUT2D eigenvalue weighted by Crippen LogP contribution is 2.23. The van der Waals surface area contributed by atoms with Crippen LogP contribution >= 0.6 is 12.6 Å². The molecule has 0 bridgehead atoms. The molecule has 0 fully saturated rings. The maximum Gasteiger partial charge on any atom is 0.156 e. The molecule has 0 aliphatic carbocycles. The molecule has 0 atom stereocenters. The van der Waals surface area contributed by atoms with Crippen molar-refractivity contribution in [3.63, 3.8) is 0 Å². The highest BCUT2D eigenvalue weighted by molar-refractivity contribution is 7.80. The van der Waals surface area contributed by atoms with Crippen molar-refractivity contribution in [2.24, 2.45) is 0 Å². The van der Waals surface area contributed by atoms with Crippen molar-refractivity contribution in [2.75, 3.05) is 11.5 Å². The molecular weight excluding hydrogens is 460 g/mol. The Morgan fingerprint density at radius 1 is 0.829 bits per heavy atom. The van der Waals surface area contributed by atoms with E-state index in [1.54, 1.807) is 19.1 Å². The summed E-state index contributed by atoms with van der Waals surface area (Å²) in [5, 5.41) is 0. The molecule has 4 N–H and O–H groups in total. The highest BCUT2D eigenvalue weighted by Gasteiger charge is 2.09. The van der Waals surface area contributed by atoms with Crippen LogP contribution in [0, 0.1) is 25.5 Å². The van der Waals surface area contributed by atoms with Crippen LogP contribution in [0.4, 0.5) is 20.3 Å². The van der Waals surface area contributed by atoms with Gasteiger partial charge in [-0.15, -0.1) is 12.6 Å². The zero-order valence-electron chi connectivity index (χ0n) is 20.4. The van der Waals surface area contributed by atoms with Crippen LogP contribution in [0.2, 0.25) is 0 Å². The van der Waals surface area contributed by atoms with Gasteiger partial charge < -0.3 is 11.5 Å². The molecule has 182 valence electrons. The van der Waals surface area contributed by atoms with E-state index in [1.165, 1.54) is 35.0 Å². The van der Waals surface area contributed by atoms with Gasteiger partial charge in [0.15, 0.2) is 5.82 Å². The molecule has 0 aliphatic rings. The second-order valence-electron chi connectivity index (χ2n) is 7.58. The summed E-state index contributed by atoms with van der Waals surface area (Å²) in [7, 11) is 0. The maximum absolute atomic E-state index is 13.7. The molecule has 1 heterocycles. The van der Waals surface area contributed by atoms with Gasteiger partial charge in [0.2, 0.25) is 0 Å². The SMILES string of the molecule is CC.Cc1cc(C=Cc2c(F)ccc(N)c2F)cnc1N.Cc1ccc(-c2cccc(S)c2)cc1. The lowest BCUT2D eigenvalue weighted by Crippen LogP contribution is -1.96. The van der Waals surface area contributed by atoms with E-state index in [9.17, 15) is 8.78 Å². The fourth-order valence-corrected chi connectivity index (χ4v) is 3.27. The Kier molecular flexibility index (Phi) is 10.5. The van der Waals surface area contributed by atoms with Crippen molar-refractivity contribution in [2.45, 2.75) is 32.6 Å². The van der Waals surface area contributed by atoms with E-state index < -0.39 is 11.6 Å². The molecule has 6 heteroatoms. The Morgan fingerprint density at radius 3 is 2.14 bits per heavy atom. The first kappa shape index (κ1) is 27.6. The van der Waals surface area contributed by atoms with E-state index >= 15 is 0 Å². The van der Waals surface area contributed by atoms with Gasteiger partial charge in [-0.3, -0.25) is 0 Å². The molecule has 3 nitrogen and oxygen atoms in total. The second kappa shape index (κ2) is 13.3. The van der Waals surface area contributed by atoms with Gasteiger partial charge in [-0.2, -0.15) is 0 Å². The number of rotatable bonds is 3. The van der Waals surface area contributed by atoms with E-state index in [0.29, 0.717) is 11.4 Å². The van der Waals surface area contributed by atoms with E-state index in [-0.39, 0.29) is 11.3 Å². The number of hydrogen-bond acceptors (Lipinski definition) is 4. The average Bonchev–Trinajstić information content (AvgIpc) is 2.86. The summed E-state index contributed by atoms with van der Waals surface area (Å²) in [4.78, 5) is 4.97. The summed E-state index contributed by atoms with van der Waals surface area (Å²) in [6.45, 7) is 7.90. The van der Waals surface area contributed by atoms with Gasteiger partial charge in [-0.25, -0.2) is 13.8 Å². The lowest BCUT2D eigenvalue weighted by molar-refractivity contribution is 0.582. The van der Waals surface area contributed by atoms with Crippen LogP contribution in [0.5, 0.6) is 0 Å². The van der Waals surface area contributed by atoms with Gasteiger partial charge in [-0.1, -0.05) is 61.9 Å². The van der Waals surface area contributed by atoms with Crippen LogP contribution in [-0.2, 0) is 0 Å². The third-order valence-electron chi connectivity index (χ3n) is 4.97. The summed E-state index contributed by atoms with van der Waals surface area (Å²) >= 11 is 4.32. The number of nitrogen functional groups attached to an aromatic ring is 2. The number of pyridine rings is 1. The zero-order chi connectivity index (χ0) is 26.0. The summed E-state index contributed by atoms with van der Waals surface area (Å²) in [6.07, 6.45) is 4.41. The van der Waals surface area contributed by atoms with Crippen LogP contribution in [-0.4, -0.2) is 4.98 Å². The third-order valence-corrected chi connectivity index (χ3v) is 5.25. The number of nitrogens with two attached hydrogens (primary N) is 2. The van der Waals surface area contributed by atoms with Crippen molar-refractivity contribution in [3.8, 4) is 11.1 Å². The Labute approximate surface area is 211 Å². The van der Waals surface area contributed by atoms with Crippen LogP contribution in [0.3, 0.4) is 0 Å². The molecule has 0 saturated carbocycles. The lowest BCUT2D eigenvalue weighted by atomic mass is 10.0. The first-order valence-corrected chi connectivity index (χ1v) is 11.7. The monoisotopic (exact) mass is 491 g/mol. The Morgan fingerprint density at radius 2 is 1.51 bits per heavy atom. The van der Waals surface area contributed by atoms with Crippen molar-refractivity contribution in [3.05, 3.63) is 107 Å². The van der Waals surface area contributed by atoms with Crippen molar-refractivity contribution < 1.29 is 8.78 Å². The number of halogens is 2. The standard InChI is InChI=1S/C14H13F2N3.C13H12S.C2H6/c1-8-6-9(7-19-14(8)18)2-3-10-11(15)4-5-12(17)13(10)16;1-10-5-7-11(8-6-10)12-3-2-4-13(14)9-12;1-2/h2-7H,17H2,1H3,(H2,18,19);2-9,14H,1H3;1-2H3. The molecule has 0 amide bonds. The van der Waals surface area contributed by atoms with E-state index in [1.807, 2.05) is 26.0 Å². The number of hydrogen-bond donors (Lipinski definition) is 3. The number of aromatic nitrogens is 1. The van der Waals surface area contributed by atoms with Gasteiger partial charge in [0.05, 0.1) is 5.69 Å². The van der Waals surface area contributed by atoms with Crippen molar-refractivity contribution in [1.29, 1.82) is 0 Å². The Bertz CT molecular complexity index is 1290. The normalized spacial score (nSPS) is 10.3. The molecule has 1 aromatic heterocycles. The molecule has 0 radical (unpaired) electrons. The third kappa shape index (κ3) is 7.97. The molecule has 3 aromatic carbocycles. The van der Waals surface area contributed by atoms with Crippen LogP contribution in [0.15, 0.2) is 77.8 Å². The minimum atomic E-state index is -0.767. The van der Waals surface area contributed by atoms with Crippen LogP contribution in [0.25, 0.3) is 23.3 Å². The minimum Gasteiger partial charge on any atom is -0.396 e. The van der Waals surface area contributed by atoms with Gasteiger partial charge in [0.25, 0.3) is 0 Å². The van der Waals surface area contributed by atoms with Gasteiger partial charge in [0, 0.05) is 16.7 Å². The summed E-state index contributed by atoms with van der Waals surface area (Å²) in [5.74, 6) is -1.00. The lowest BCUT2D eigenvalue weighted by Gasteiger charge is -2.03. The average molecular weight is 492 g/mol. The van der Waals surface area contributed by atoms with Crippen molar-refractivity contribution in [1.82, 2.24) is 4.98 Å². The van der Waals surface area contributed by atoms with Crippen LogP contribution in [0.1, 0.15) is 36.1 Å². The molecular formula is C29H31F2N3S. The van der Waals surface area contributed by atoms with Gasteiger partial charge in [0.1, 0.15) is 11.6 Å². The first-order chi connectivity index (χ1) is 16.7. The van der Waals surface area contributed by atoms with E-state index in [0.717, 1.165) is 16.5 Å². The molecule has 35 heavy (non-hydrogen) atoms. The second-order valence-corrected chi connectivity index (χ2v) is 8.10. The minimum absolute atomic E-state index is 0.0901. The summed E-state index contributed by atoms with van der Waals surface area (Å²) < 4.78 is 27.2. The van der Waals surface area contributed by atoms with Crippen LogP contribution < -0.4 is 11.5 Å². The summed E-state index contributed by atoms with van der Waals surface area (Å²) in [5.41, 5.74) is 16.0. The Hall–Kier alpha value is -3.64. The smallest absolute Gasteiger partial charge is 0.156 e. The molecule has 0 aliphatic heterocycles. The molecule has 4 rings (SSSR count). The van der Waals surface area contributed by atoms with Gasteiger partial charge >= 0.3 is 0 Å². The maximum atomic E-state index is 13.7. The number of benzene rings is 3. The number of aryl methyl sites for hydroxylation is 2. The molecule has 0 spiro atoms. The number of nitrogens with zero attached hydrogens (tertiary/aromatic N) is 1. The fourth-order valence-electron chi connectivity index (χ4n) is 3.05. The molecule has 4 aromatic rings. The fraction of sp³-hybridized carbons (Fsp3) is 0.138. The van der Waals surface area contributed by atoms with Crippen molar-refractivity contribution >= 4 is 36.3 Å². The molecule has 0 unspecified atom stereocenters. The quantitative estimate of drug-likeness (QED) is 0.201.